The quantitative estimate of drug-likeness (QED) is 0.359. The van der Waals surface area contributed by atoms with Crippen LogP contribution in [0.5, 0.6) is 0 Å². The normalized spacial score (nSPS) is 17.6. The smallest absolute Gasteiger partial charge is 0.138 e. The second-order valence-electron chi connectivity index (χ2n) is 7.96. The number of anilines is 1. The van der Waals surface area contributed by atoms with Gasteiger partial charge in [0.1, 0.15) is 5.82 Å². The van der Waals surface area contributed by atoms with Gasteiger partial charge in [-0.15, -0.1) is 0 Å². The van der Waals surface area contributed by atoms with Gasteiger partial charge in [-0.3, -0.25) is 0 Å². The standard InChI is InChI=1S/C26H21Cl2N3/c1-17-24-23(18-8-12-20(27)13-9-18)16-26(2,19-10-14-21(28)15-11-19)29-25(24)31(30-17)22-6-4-3-5-7-22/h3-16,29H,1-2H3/t26-/m1/s1. The maximum Gasteiger partial charge on any atom is 0.138 e. The summed E-state index contributed by atoms with van der Waals surface area (Å²) in [4.78, 5) is 0. The van der Waals surface area contributed by atoms with Crippen molar-refractivity contribution in [3.05, 3.63) is 117 Å². The lowest BCUT2D eigenvalue weighted by molar-refractivity contribution is 0.671. The van der Waals surface area contributed by atoms with Gasteiger partial charge in [0.05, 0.1) is 16.9 Å². The minimum absolute atomic E-state index is 0.453. The van der Waals surface area contributed by atoms with Crippen LogP contribution in [-0.4, -0.2) is 9.78 Å². The van der Waals surface area contributed by atoms with Crippen LogP contribution in [0.1, 0.15) is 29.3 Å². The molecule has 0 spiro atoms. The summed E-state index contributed by atoms with van der Waals surface area (Å²) >= 11 is 12.3. The number of nitrogens with zero attached hydrogens (tertiary/aromatic N) is 2. The Morgan fingerprint density at radius 2 is 1.45 bits per heavy atom. The van der Waals surface area contributed by atoms with Crippen molar-refractivity contribution >= 4 is 34.6 Å². The van der Waals surface area contributed by atoms with E-state index in [1.54, 1.807) is 0 Å². The number of hydrogen-bond acceptors (Lipinski definition) is 2. The van der Waals surface area contributed by atoms with Crippen molar-refractivity contribution in [2.24, 2.45) is 0 Å². The van der Waals surface area contributed by atoms with Gasteiger partial charge < -0.3 is 5.32 Å². The summed E-state index contributed by atoms with van der Waals surface area (Å²) in [6, 6.07) is 26.1. The minimum atomic E-state index is -0.453. The highest BCUT2D eigenvalue weighted by Gasteiger charge is 2.35. The van der Waals surface area contributed by atoms with E-state index in [-0.39, 0.29) is 0 Å². The van der Waals surface area contributed by atoms with E-state index < -0.39 is 5.54 Å². The Hall–Kier alpha value is -3.01. The fraction of sp³-hybridized carbons (Fsp3) is 0.115. The summed E-state index contributed by atoms with van der Waals surface area (Å²) in [6.07, 6.45) is 2.27. The SMILES string of the molecule is Cc1nn(-c2ccccc2)c2c1C(c1ccc(Cl)cc1)=C[C@](C)(c1ccc(Cl)cc1)N2. The van der Waals surface area contributed by atoms with Gasteiger partial charge in [0.25, 0.3) is 0 Å². The molecule has 0 amide bonds. The summed E-state index contributed by atoms with van der Waals surface area (Å²) < 4.78 is 1.99. The van der Waals surface area contributed by atoms with Crippen LogP contribution in [0.15, 0.2) is 84.9 Å². The second-order valence-corrected chi connectivity index (χ2v) is 8.83. The summed E-state index contributed by atoms with van der Waals surface area (Å²) in [5, 5.41) is 10.1. The molecule has 1 aliphatic rings. The molecule has 1 atom stereocenters. The highest BCUT2D eigenvalue weighted by molar-refractivity contribution is 6.30. The molecule has 0 radical (unpaired) electrons. The molecule has 5 rings (SSSR count). The number of fused-ring (bicyclic) bond motifs is 1. The van der Waals surface area contributed by atoms with Gasteiger partial charge in [0, 0.05) is 15.6 Å². The molecule has 0 saturated carbocycles. The fourth-order valence-electron chi connectivity index (χ4n) is 4.17. The molecular formula is C26H21Cl2N3. The van der Waals surface area contributed by atoms with Crippen molar-refractivity contribution in [1.82, 2.24) is 9.78 Å². The average molecular weight is 446 g/mol. The van der Waals surface area contributed by atoms with E-state index in [9.17, 15) is 0 Å². The highest BCUT2D eigenvalue weighted by Crippen LogP contribution is 2.44. The maximum absolute atomic E-state index is 6.17. The summed E-state index contributed by atoms with van der Waals surface area (Å²) in [5.74, 6) is 0.966. The number of aryl methyl sites for hydroxylation is 1. The zero-order chi connectivity index (χ0) is 21.6. The van der Waals surface area contributed by atoms with Crippen LogP contribution in [0.3, 0.4) is 0 Å². The Morgan fingerprint density at radius 1 is 0.839 bits per heavy atom. The number of nitrogens with one attached hydrogen (secondary N) is 1. The molecule has 154 valence electrons. The lowest BCUT2D eigenvalue weighted by atomic mass is 9.82. The fourth-order valence-corrected chi connectivity index (χ4v) is 4.42. The molecular weight excluding hydrogens is 425 g/mol. The molecule has 5 heteroatoms. The van der Waals surface area contributed by atoms with Crippen LogP contribution in [0.2, 0.25) is 10.0 Å². The van der Waals surface area contributed by atoms with E-state index in [1.807, 2.05) is 47.1 Å². The van der Waals surface area contributed by atoms with Crippen molar-refractivity contribution < 1.29 is 0 Å². The summed E-state index contributed by atoms with van der Waals surface area (Å²) in [5.41, 5.74) is 5.96. The summed E-state index contributed by atoms with van der Waals surface area (Å²) in [6.45, 7) is 4.22. The van der Waals surface area contributed by atoms with Crippen LogP contribution in [0, 0.1) is 6.92 Å². The van der Waals surface area contributed by atoms with Crippen LogP contribution in [0.4, 0.5) is 5.82 Å². The van der Waals surface area contributed by atoms with Crippen LogP contribution in [0.25, 0.3) is 11.3 Å². The van der Waals surface area contributed by atoms with E-state index in [0.29, 0.717) is 0 Å². The Balaban J connectivity index is 1.75. The minimum Gasteiger partial charge on any atom is -0.357 e. The first-order valence-corrected chi connectivity index (χ1v) is 10.9. The molecule has 1 N–H and O–H groups in total. The van der Waals surface area contributed by atoms with Gasteiger partial charge in [0.15, 0.2) is 0 Å². The Kier molecular flexibility index (Phi) is 4.88. The first-order valence-electron chi connectivity index (χ1n) is 10.1. The van der Waals surface area contributed by atoms with E-state index in [0.717, 1.165) is 49.5 Å². The molecule has 1 aromatic heterocycles. The molecule has 0 bridgehead atoms. The molecule has 3 aromatic carbocycles. The van der Waals surface area contributed by atoms with E-state index >= 15 is 0 Å². The first kappa shape index (κ1) is 19.9. The van der Waals surface area contributed by atoms with Gasteiger partial charge in [0.2, 0.25) is 0 Å². The third-order valence-electron chi connectivity index (χ3n) is 5.74. The molecule has 0 fully saturated rings. The topological polar surface area (TPSA) is 29.9 Å². The predicted molar refractivity (Wildman–Crippen MR) is 129 cm³/mol. The Bertz CT molecular complexity index is 1270. The number of benzene rings is 3. The first-order chi connectivity index (χ1) is 14.9. The van der Waals surface area contributed by atoms with E-state index in [4.69, 9.17) is 28.3 Å². The molecule has 4 aromatic rings. The molecule has 0 saturated heterocycles. The average Bonchev–Trinajstić information content (AvgIpc) is 3.10. The summed E-state index contributed by atoms with van der Waals surface area (Å²) in [7, 11) is 0. The van der Waals surface area contributed by atoms with Crippen LogP contribution >= 0.6 is 23.2 Å². The zero-order valence-electron chi connectivity index (χ0n) is 17.2. The van der Waals surface area contributed by atoms with Crippen molar-refractivity contribution in [3.63, 3.8) is 0 Å². The van der Waals surface area contributed by atoms with Gasteiger partial charge in [-0.1, -0.05) is 65.7 Å². The van der Waals surface area contributed by atoms with E-state index in [2.05, 4.69) is 61.6 Å². The third kappa shape index (κ3) is 3.54. The molecule has 1 aliphatic heterocycles. The lowest BCUT2D eigenvalue weighted by Gasteiger charge is -2.35. The Labute approximate surface area is 191 Å². The third-order valence-corrected chi connectivity index (χ3v) is 6.24. The van der Waals surface area contributed by atoms with Gasteiger partial charge >= 0.3 is 0 Å². The highest BCUT2D eigenvalue weighted by atomic mass is 35.5. The van der Waals surface area contributed by atoms with Gasteiger partial charge in [-0.05, 0) is 73.0 Å². The van der Waals surface area contributed by atoms with Crippen LogP contribution < -0.4 is 5.32 Å². The van der Waals surface area contributed by atoms with Crippen LogP contribution in [-0.2, 0) is 5.54 Å². The molecule has 0 aliphatic carbocycles. The number of rotatable bonds is 3. The lowest BCUT2D eigenvalue weighted by Crippen LogP contribution is -2.34. The van der Waals surface area contributed by atoms with Gasteiger partial charge in [-0.2, -0.15) is 5.10 Å². The Morgan fingerprint density at radius 3 is 2.10 bits per heavy atom. The number of halogens is 2. The maximum atomic E-state index is 6.17. The largest absolute Gasteiger partial charge is 0.357 e. The molecule has 31 heavy (non-hydrogen) atoms. The van der Waals surface area contributed by atoms with Crippen molar-refractivity contribution in [2.75, 3.05) is 5.32 Å². The predicted octanol–water partition coefficient (Wildman–Crippen LogP) is 7.26. The number of aromatic nitrogens is 2. The second kappa shape index (κ2) is 7.60. The van der Waals surface area contributed by atoms with Crippen molar-refractivity contribution in [3.8, 4) is 5.69 Å². The van der Waals surface area contributed by atoms with Crippen molar-refractivity contribution in [1.29, 1.82) is 0 Å². The van der Waals surface area contributed by atoms with Gasteiger partial charge in [-0.25, -0.2) is 4.68 Å². The number of para-hydroxylation sites is 1. The monoisotopic (exact) mass is 445 g/mol. The molecule has 0 unspecified atom stereocenters. The van der Waals surface area contributed by atoms with E-state index in [1.165, 1.54) is 0 Å². The molecule has 2 heterocycles. The number of hydrogen-bond donors (Lipinski definition) is 1. The molecule has 3 nitrogen and oxygen atoms in total. The zero-order valence-corrected chi connectivity index (χ0v) is 18.7. The van der Waals surface area contributed by atoms with Crippen molar-refractivity contribution in [2.45, 2.75) is 19.4 Å².